The number of rotatable bonds is 5. The van der Waals surface area contributed by atoms with Crippen LogP contribution in [0.15, 0.2) is 72.8 Å². The van der Waals surface area contributed by atoms with Gasteiger partial charge in [-0.1, -0.05) is 24.3 Å². The fraction of sp³-hybridized carbons (Fsp3) is 0.0870. The molecule has 0 bridgehead atoms. The van der Waals surface area contributed by atoms with E-state index in [1.54, 1.807) is 35.6 Å². The summed E-state index contributed by atoms with van der Waals surface area (Å²) in [5.74, 6) is -0.209. The predicted octanol–water partition coefficient (Wildman–Crippen LogP) is 5.06. The van der Waals surface area contributed by atoms with Crippen molar-refractivity contribution in [2.24, 2.45) is 0 Å². The van der Waals surface area contributed by atoms with Gasteiger partial charge < -0.3 is 10.1 Å². The number of carbonyl (C=O) groups is 2. The third kappa shape index (κ3) is 4.67. The van der Waals surface area contributed by atoms with E-state index in [-0.39, 0.29) is 5.91 Å². The largest absolute Gasteiger partial charge is 0.427 e. The van der Waals surface area contributed by atoms with Crippen LogP contribution in [0.1, 0.15) is 27.9 Å². The minimum absolute atomic E-state index is 0.224. The molecule has 5 nitrogen and oxygen atoms in total. The molecule has 0 fully saturated rings. The Morgan fingerprint density at radius 1 is 0.966 bits per heavy atom. The van der Waals surface area contributed by atoms with E-state index in [9.17, 15) is 9.59 Å². The van der Waals surface area contributed by atoms with Crippen LogP contribution in [-0.2, 0) is 11.2 Å². The summed E-state index contributed by atoms with van der Waals surface area (Å²) in [7, 11) is 0. The number of para-hydroxylation sites is 1. The Labute approximate surface area is 172 Å². The highest BCUT2D eigenvalue weighted by atomic mass is 32.1. The lowest BCUT2D eigenvalue weighted by Crippen LogP contribution is -2.12. The van der Waals surface area contributed by atoms with Gasteiger partial charge in [-0.05, 0) is 54.1 Å². The van der Waals surface area contributed by atoms with Crippen molar-refractivity contribution in [2.75, 3.05) is 5.32 Å². The van der Waals surface area contributed by atoms with E-state index in [0.29, 0.717) is 17.0 Å². The van der Waals surface area contributed by atoms with Crippen LogP contribution in [0.2, 0.25) is 0 Å². The first-order valence-corrected chi connectivity index (χ1v) is 9.92. The van der Waals surface area contributed by atoms with Crippen LogP contribution >= 0.6 is 11.3 Å². The van der Waals surface area contributed by atoms with Crippen molar-refractivity contribution in [3.8, 4) is 5.75 Å². The molecule has 0 unspecified atom stereocenters. The summed E-state index contributed by atoms with van der Waals surface area (Å²) in [5.41, 5.74) is 3.36. The molecule has 0 aliphatic heterocycles. The van der Waals surface area contributed by atoms with Gasteiger partial charge >= 0.3 is 5.97 Å². The number of hydrogen-bond acceptors (Lipinski definition) is 5. The first-order chi connectivity index (χ1) is 14.1. The average Bonchev–Trinajstić information content (AvgIpc) is 3.12. The third-order valence-corrected chi connectivity index (χ3v) is 5.32. The van der Waals surface area contributed by atoms with E-state index in [4.69, 9.17) is 4.74 Å². The zero-order valence-electron chi connectivity index (χ0n) is 15.7. The second-order valence-corrected chi connectivity index (χ2v) is 7.64. The quantitative estimate of drug-likeness (QED) is 0.374. The Hall–Kier alpha value is -3.51. The monoisotopic (exact) mass is 402 g/mol. The van der Waals surface area contributed by atoms with Gasteiger partial charge in [0.2, 0.25) is 0 Å². The summed E-state index contributed by atoms with van der Waals surface area (Å²) < 4.78 is 6.16. The van der Waals surface area contributed by atoms with E-state index >= 15 is 0 Å². The highest BCUT2D eigenvalue weighted by Crippen LogP contribution is 2.24. The van der Waals surface area contributed by atoms with E-state index in [2.05, 4.69) is 16.4 Å². The smallest absolute Gasteiger partial charge is 0.308 e. The van der Waals surface area contributed by atoms with Crippen LogP contribution in [0.25, 0.3) is 10.2 Å². The molecule has 0 aliphatic carbocycles. The van der Waals surface area contributed by atoms with Crippen molar-refractivity contribution in [3.05, 3.63) is 88.9 Å². The van der Waals surface area contributed by atoms with Crippen LogP contribution in [0.4, 0.5) is 5.69 Å². The molecular formula is C23H18N2O3S. The molecule has 0 spiro atoms. The van der Waals surface area contributed by atoms with Gasteiger partial charge in [-0.15, -0.1) is 11.3 Å². The number of benzene rings is 3. The van der Waals surface area contributed by atoms with Crippen molar-refractivity contribution >= 4 is 39.1 Å². The predicted molar refractivity (Wildman–Crippen MR) is 115 cm³/mol. The minimum atomic E-state index is -0.395. The van der Waals surface area contributed by atoms with Gasteiger partial charge in [-0.3, -0.25) is 9.59 Å². The molecule has 6 heteroatoms. The van der Waals surface area contributed by atoms with Crippen molar-refractivity contribution in [1.29, 1.82) is 0 Å². The van der Waals surface area contributed by atoms with E-state index in [1.807, 2.05) is 42.5 Å². The van der Waals surface area contributed by atoms with Crippen molar-refractivity contribution in [1.82, 2.24) is 4.98 Å². The molecule has 3 aromatic carbocycles. The Morgan fingerprint density at radius 3 is 2.38 bits per heavy atom. The Morgan fingerprint density at radius 2 is 1.69 bits per heavy atom. The molecule has 29 heavy (non-hydrogen) atoms. The molecule has 1 heterocycles. The zero-order valence-corrected chi connectivity index (χ0v) is 16.5. The van der Waals surface area contributed by atoms with Crippen molar-refractivity contribution < 1.29 is 14.3 Å². The van der Waals surface area contributed by atoms with E-state index in [0.717, 1.165) is 22.5 Å². The van der Waals surface area contributed by atoms with Crippen molar-refractivity contribution in [3.63, 3.8) is 0 Å². The molecule has 144 valence electrons. The molecular weight excluding hydrogens is 384 g/mol. The summed E-state index contributed by atoms with van der Waals surface area (Å²) in [6.07, 6.45) is 0.755. The van der Waals surface area contributed by atoms with Gasteiger partial charge in [0.25, 0.3) is 5.91 Å². The highest BCUT2D eigenvalue weighted by Gasteiger charge is 2.08. The maximum atomic E-state index is 12.4. The summed E-state index contributed by atoms with van der Waals surface area (Å²) in [6, 6.07) is 22.3. The molecule has 0 aliphatic rings. The number of thiazole rings is 1. The summed E-state index contributed by atoms with van der Waals surface area (Å²) >= 11 is 1.70. The molecule has 0 saturated heterocycles. The molecule has 1 aromatic heterocycles. The second kappa shape index (κ2) is 8.24. The standard InChI is InChI=1S/C23H18N2O3S/c1-15(26)28-19-12-8-17(9-13-19)23(27)24-18-10-6-16(7-11-18)14-22-25-20-4-2-3-5-21(20)29-22/h2-13H,14H2,1H3,(H,24,27). The molecule has 0 saturated carbocycles. The Balaban J connectivity index is 1.39. The number of nitrogens with zero attached hydrogens (tertiary/aromatic N) is 1. The molecule has 4 aromatic rings. The van der Waals surface area contributed by atoms with Gasteiger partial charge in [0.15, 0.2) is 0 Å². The number of fused-ring (bicyclic) bond motifs is 1. The van der Waals surface area contributed by atoms with Gasteiger partial charge in [-0.2, -0.15) is 0 Å². The number of carbonyl (C=O) groups excluding carboxylic acids is 2. The Kier molecular flexibility index (Phi) is 5.35. The topological polar surface area (TPSA) is 68.3 Å². The van der Waals surface area contributed by atoms with Crippen LogP contribution in [0, 0.1) is 0 Å². The normalized spacial score (nSPS) is 10.7. The summed E-state index contributed by atoms with van der Waals surface area (Å²) in [4.78, 5) is 28.0. The van der Waals surface area contributed by atoms with Crippen LogP contribution in [-0.4, -0.2) is 16.9 Å². The first kappa shape index (κ1) is 18.8. The SMILES string of the molecule is CC(=O)Oc1ccc(C(=O)Nc2ccc(Cc3nc4ccccc4s3)cc2)cc1. The fourth-order valence-corrected chi connectivity index (χ4v) is 3.92. The van der Waals surface area contributed by atoms with Gasteiger partial charge in [0, 0.05) is 24.6 Å². The molecule has 1 N–H and O–H groups in total. The Bertz CT molecular complexity index is 1130. The summed E-state index contributed by atoms with van der Waals surface area (Å²) in [6.45, 7) is 1.33. The zero-order chi connectivity index (χ0) is 20.2. The van der Waals surface area contributed by atoms with Gasteiger partial charge in [-0.25, -0.2) is 4.98 Å². The number of aromatic nitrogens is 1. The number of ether oxygens (including phenoxy) is 1. The lowest BCUT2D eigenvalue weighted by Gasteiger charge is -2.07. The number of nitrogens with one attached hydrogen (secondary N) is 1. The molecule has 0 atom stereocenters. The van der Waals surface area contributed by atoms with Gasteiger partial charge in [0.1, 0.15) is 5.75 Å². The number of anilines is 1. The number of amides is 1. The lowest BCUT2D eigenvalue weighted by molar-refractivity contribution is -0.131. The van der Waals surface area contributed by atoms with E-state index in [1.165, 1.54) is 11.6 Å². The third-order valence-electron chi connectivity index (χ3n) is 4.28. The number of hydrogen-bond donors (Lipinski definition) is 1. The van der Waals surface area contributed by atoms with Gasteiger partial charge in [0.05, 0.1) is 15.2 Å². The molecule has 0 radical (unpaired) electrons. The van der Waals surface area contributed by atoms with Crippen LogP contribution in [0.5, 0.6) is 5.75 Å². The lowest BCUT2D eigenvalue weighted by atomic mass is 10.1. The van der Waals surface area contributed by atoms with E-state index < -0.39 is 5.97 Å². The average molecular weight is 402 g/mol. The van der Waals surface area contributed by atoms with Crippen LogP contribution in [0.3, 0.4) is 0 Å². The highest BCUT2D eigenvalue weighted by molar-refractivity contribution is 7.18. The van der Waals surface area contributed by atoms with Crippen LogP contribution < -0.4 is 10.1 Å². The minimum Gasteiger partial charge on any atom is -0.427 e. The fourth-order valence-electron chi connectivity index (χ4n) is 2.92. The molecule has 4 rings (SSSR count). The summed E-state index contributed by atoms with van der Waals surface area (Å²) in [5, 5.41) is 3.94. The first-order valence-electron chi connectivity index (χ1n) is 9.10. The van der Waals surface area contributed by atoms with Crippen molar-refractivity contribution in [2.45, 2.75) is 13.3 Å². The molecule has 1 amide bonds. The number of esters is 1. The maximum Gasteiger partial charge on any atom is 0.308 e. The maximum absolute atomic E-state index is 12.4. The second-order valence-electron chi connectivity index (χ2n) is 6.52.